The van der Waals surface area contributed by atoms with Crippen LogP contribution in [-0.4, -0.2) is 17.9 Å². The number of rotatable bonds is 5. The van der Waals surface area contributed by atoms with Gasteiger partial charge in [0.15, 0.2) is 6.10 Å². The quantitative estimate of drug-likeness (QED) is 0.880. The maximum absolute atomic E-state index is 13.0. The van der Waals surface area contributed by atoms with Gasteiger partial charge in [-0.05, 0) is 37.3 Å². The molecule has 2 aromatic carbocycles. The van der Waals surface area contributed by atoms with Crippen molar-refractivity contribution in [1.82, 2.24) is 0 Å². The van der Waals surface area contributed by atoms with Gasteiger partial charge in [-0.3, -0.25) is 9.59 Å². The first-order valence-corrected chi connectivity index (χ1v) is 7.07. The Balaban J connectivity index is 2.10. The Morgan fingerprint density at radius 2 is 1.96 bits per heavy atom. The fraction of sp³-hybridized carbons (Fsp3) is 0.125. The first-order valence-electron chi connectivity index (χ1n) is 6.70. The highest BCUT2D eigenvalue weighted by Crippen LogP contribution is 2.23. The number of amides is 2. The van der Waals surface area contributed by atoms with E-state index in [0.717, 1.165) is 6.07 Å². The number of carbonyl (C=O) groups is 2. The average Bonchev–Trinajstić information content (AvgIpc) is 2.50. The number of nitrogens with two attached hydrogens (primary N) is 1. The van der Waals surface area contributed by atoms with Gasteiger partial charge in [0.25, 0.3) is 11.8 Å². The summed E-state index contributed by atoms with van der Waals surface area (Å²) in [4.78, 5) is 23.5. The summed E-state index contributed by atoms with van der Waals surface area (Å²) in [6.45, 7) is 1.50. The van der Waals surface area contributed by atoms with Crippen molar-refractivity contribution < 1.29 is 18.7 Å². The molecule has 0 saturated heterocycles. The van der Waals surface area contributed by atoms with Gasteiger partial charge in [-0.15, -0.1) is 0 Å². The van der Waals surface area contributed by atoms with Crippen LogP contribution >= 0.6 is 11.6 Å². The molecule has 0 spiro atoms. The van der Waals surface area contributed by atoms with Crippen LogP contribution in [0.25, 0.3) is 0 Å². The number of ether oxygens (including phenoxy) is 1. The fourth-order valence-corrected chi connectivity index (χ4v) is 2.06. The zero-order chi connectivity index (χ0) is 17.0. The molecule has 2 amide bonds. The zero-order valence-corrected chi connectivity index (χ0v) is 12.9. The van der Waals surface area contributed by atoms with Crippen LogP contribution < -0.4 is 15.8 Å². The van der Waals surface area contributed by atoms with Gasteiger partial charge in [-0.2, -0.15) is 0 Å². The van der Waals surface area contributed by atoms with Gasteiger partial charge >= 0.3 is 0 Å². The summed E-state index contributed by atoms with van der Waals surface area (Å²) in [5.41, 5.74) is 5.69. The van der Waals surface area contributed by atoms with Crippen LogP contribution in [0.15, 0.2) is 42.5 Å². The lowest BCUT2D eigenvalue weighted by Crippen LogP contribution is -2.31. The summed E-state index contributed by atoms with van der Waals surface area (Å²) in [6, 6.07) is 9.94. The molecule has 0 heterocycles. The second-order valence-electron chi connectivity index (χ2n) is 4.73. The van der Waals surface area contributed by atoms with Crippen LogP contribution in [-0.2, 0) is 4.79 Å². The smallest absolute Gasteiger partial charge is 0.265 e. The number of para-hydroxylation sites is 1. The van der Waals surface area contributed by atoms with Crippen LogP contribution in [0.3, 0.4) is 0 Å². The number of hydrogen-bond donors (Lipinski definition) is 2. The predicted octanol–water partition coefficient (Wildman–Crippen LogP) is 2.98. The van der Waals surface area contributed by atoms with E-state index < -0.39 is 23.7 Å². The first-order chi connectivity index (χ1) is 10.9. The van der Waals surface area contributed by atoms with Gasteiger partial charge in [0.1, 0.15) is 11.6 Å². The molecule has 0 fully saturated rings. The molecule has 1 atom stereocenters. The van der Waals surface area contributed by atoms with Crippen molar-refractivity contribution in [2.45, 2.75) is 13.0 Å². The first kappa shape index (κ1) is 16.8. The fourth-order valence-electron chi connectivity index (χ4n) is 1.84. The lowest BCUT2D eigenvalue weighted by atomic mass is 10.2. The van der Waals surface area contributed by atoms with E-state index in [1.54, 1.807) is 12.1 Å². The molecule has 120 valence electrons. The Bertz CT molecular complexity index is 752. The second kappa shape index (κ2) is 7.11. The van der Waals surface area contributed by atoms with E-state index >= 15 is 0 Å². The summed E-state index contributed by atoms with van der Waals surface area (Å²) in [5.74, 6) is -1.46. The zero-order valence-electron chi connectivity index (χ0n) is 12.2. The molecular formula is C16H14ClFN2O3. The summed E-state index contributed by atoms with van der Waals surface area (Å²) in [5, 5.41) is 2.60. The Hall–Kier alpha value is -2.60. The molecule has 23 heavy (non-hydrogen) atoms. The highest BCUT2D eigenvalue weighted by molar-refractivity contribution is 6.33. The number of primary amides is 1. The Morgan fingerprint density at radius 3 is 2.61 bits per heavy atom. The van der Waals surface area contributed by atoms with Crippen molar-refractivity contribution >= 4 is 29.1 Å². The van der Waals surface area contributed by atoms with Crippen molar-refractivity contribution in [2.75, 3.05) is 5.32 Å². The van der Waals surface area contributed by atoms with Crippen LogP contribution in [0.4, 0.5) is 10.1 Å². The average molecular weight is 337 g/mol. The molecule has 0 aliphatic heterocycles. The molecule has 2 aromatic rings. The summed E-state index contributed by atoms with van der Waals surface area (Å²) in [6.07, 6.45) is -0.920. The molecule has 0 radical (unpaired) electrons. The van der Waals surface area contributed by atoms with Crippen LogP contribution in [0.1, 0.15) is 17.3 Å². The molecule has 0 bridgehead atoms. The Morgan fingerprint density at radius 1 is 1.26 bits per heavy atom. The second-order valence-corrected chi connectivity index (χ2v) is 5.14. The van der Waals surface area contributed by atoms with Gasteiger partial charge in [-0.25, -0.2) is 4.39 Å². The van der Waals surface area contributed by atoms with Gasteiger partial charge in [0, 0.05) is 0 Å². The molecule has 0 aliphatic carbocycles. The van der Waals surface area contributed by atoms with Crippen LogP contribution in [0.2, 0.25) is 5.02 Å². The van der Waals surface area contributed by atoms with Gasteiger partial charge < -0.3 is 15.8 Å². The Kier molecular flexibility index (Phi) is 5.18. The molecule has 7 heteroatoms. The van der Waals surface area contributed by atoms with E-state index in [9.17, 15) is 14.0 Å². The third-order valence-electron chi connectivity index (χ3n) is 3.01. The molecule has 0 saturated carbocycles. The standard InChI is InChI=1S/C16H14ClFN2O3/c1-9(23-14-5-3-2-4-11(14)15(19)21)16(22)20-13-7-6-10(18)8-12(13)17/h2-9H,1H3,(H2,19,21)(H,20,22)/t9-/m0/s1. The van der Waals surface area contributed by atoms with Crippen molar-refractivity contribution in [3.05, 3.63) is 58.9 Å². The molecule has 0 aliphatic rings. The third kappa shape index (κ3) is 4.20. The summed E-state index contributed by atoms with van der Waals surface area (Å²) >= 11 is 5.85. The molecule has 0 unspecified atom stereocenters. The molecule has 5 nitrogen and oxygen atoms in total. The van der Waals surface area contributed by atoms with E-state index in [4.69, 9.17) is 22.1 Å². The maximum Gasteiger partial charge on any atom is 0.265 e. The van der Waals surface area contributed by atoms with E-state index in [2.05, 4.69) is 5.32 Å². The number of anilines is 1. The molecule has 0 aromatic heterocycles. The predicted molar refractivity (Wildman–Crippen MR) is 85.1 cm³/mol. The number of hydrogen-bond acceptors (Lipinski definition) is 3. The summed E-state index contributed by atoms with van der Waals surface area (Å²) < 4.78 is 18.5. The lowest BCUT2D eigenvalue weighted by Gasteiger charge is -2.16. The van der Waals surface area contributed by atoms with Crippen LogP contribution in [0, 0.1) is 5.82 Å². The minimum atomic E-state index is -0.920. The number of carbonyl (C=O) groups excluding carboxylic acids is 2. The van der Waals surface area contributed by atoms with Crippen molar-refractivity contribution in [1.29, 1.82) is 0 Å². The van der Waals surface area contributed by atoms with Gasteiger partial charge in [0.2, 0.25) is 0 Å². The van der Waals surface area contributed by atoms with E-state index in [0.29, 0.717) is 0 Å². The van der Waals surface area contributed by atoms with Gasteiger partial charge in [-0.1, -0.05) is 23.7 Å². The minimum absolute atomic E-state index is 0.0723. The van der Waals surface area contributed by atoms with Crippen LogP contribution in [0.5, 0.6) is 5.75 Å². The summed E-state index contributed by atoms with van der Waals surface area (Å²) in [7, 11) is 0. The number of nitrogens with one attached hydrogen (secondary N) is 1. The molecular weight excluding hydrogens is 323 g/mol. The lowest BCUT2D eigenvalue weighted by molar-refractivity contribution is -0.122. The topological polar surface area (TPSA) is 81.4 Å². The number of benzene rings is 2. The maximum atomic E-state index is 13.0. The molecule has 2 rings (SSSR count). The third-order valence-corrected chi connectivity index (χ3v) is 3.33. The Labute approximate surface area is 137 Å². The van der Waals surface area contributed by atoms with Gasteiger partial charge in [0.05, 0.1) is 16.3 Å². The largest absolute Gasteiger partial charge is 0.480 e. The van der Waals surface area contributed by atoms with Crippen molar-refractivity contribution in [3.8, 4) is 5.75 Å². The SMILES string of the molecule is C[C@H](Oc1ccccc1C(N)=O)C(=O)Nc1ccc(F)cc1Cl. The van der Waals surface area contributed by atoms with E-state index in [1.165, 1.54) is 31.2 Å². The normalized spacial score (nSPS) is 11.6. The van der Waals surface area contributed by atoms with Crippen molar-refractivity contribution in [2.24, 2.45) is 5.73 Å². The highest BCUT2D eigenvalue weighted by atomic mass is 35.5. The minimum Gasteiger partial charge on any atom is -0.480 e. The molecule has 3 N–H and O–H groups in total. The monoisotopic (exact) mass is 336 g/mol. The van der Waals surface area contributed by atoms with Crippen molar-refractivity contribution in [3.63, 3.8) is 0 Å². The number of halogens is 2. The highest BCUT2D eigenvalue weighted by Gasteiger charge is 2.18. The van der Waals surface area contributed by atoms with E-state index in [-0.39, 0.29) is 22.0 Å². The van der Waals surface area contributed by atoms with E-state index in [1.807, 2.05) is 0 Å².